The summed E-state index contributed by atoms with van der Waals surface area (Å²) in [7, 11) is -3.43. The number of carbonyl (C=O) groups is 1. The molecular formula is C9H17NO3S. The molecule has 1 N–H and O–H groups in total. The van der Waals surface area contributed by atoms with E-state index in [1.807, 2.05) is 11.6 Å². The maximum absolute atomic E-state index is 11.2. The van der Waals surface area contributed by atoms with Gasteiger partial charge in [0, 0.05) is 0 Å². The lowest BCUT2D eigenvalue weighted by molar-refractivity contribution is -0.114. The highest BCUT2D eigenvalue weighted by Gasteiger charge is 2.11. The Balaban J connectivity index is 4.01. The predicted octanol–water partition coefficient (Wildman–Crippen LogP) is 1.20. The van der Waals surface area contributed by atoms with Gasteiger partial charge in [-0.3, -0.25) is 4.79 Å². The summed E-state index contributed by atoms with van der Waals surface area (Å²) in [5.74, 6) is -0.562. The van der Waals surface area contributed by atoms with E-state index in [0.717, 1.165) is 12.8 Å². The molecule has 82 valence electrons. The number of sulfonamides is 1. The molecule has 0 saturated heterocycles. The zero-order valence-corrected chi connectivity index (χ0v) is 9.43. The SMILES string of the molecule is CC=CC(=O)NS(=O)(=O)CCCCC. The number of rotatable bonds is 6. The largest absolute Gasteiger partial charge is 0.269 e. The molecule has 0 bridgehead atoms. The molecule has 0 fully saturated rings. The highest BCUT2D eigenvalue weighted by atomic mass is 32.2. The zero-order chi connectivity index (χ0) is 11.0. The van der Waals surface area contributed by atoms with Crippen molar-refractivity contribution in [2.45, 2.75) is 33.1 Å². The maximum Gasteiger partial charge on any atom is 0.257 e. The molecule has 4 nitrogen and oxygen atoms in total. The van der Waals surface area contributed by atoms with Gasteiger partial charge in [-0.2, -0.15) is 0 Å². The summed E-state index contributed by atoms with van der Waals surface area (Å²) < 4.78 is 24.4. The Morgan fingerprint density at radius 1 is 1.36 bits per heavy atom. The molecule has 0 atom stereocenters. The Labute approximate surface area is 85.4 Å². The topological polar surface area (TPSA) is 63.2 Å². The number of hydrogen-bond donors (Lipinski definition) is 1. The fourth-order valence-electron chi connectivity index (χ4n) is 0.932. The first-order valence-corrected chi connectivity index (χ1v) is 6.34. The van der Waals surface area contributed by atoms with Crippen LogP contribution in [0.5, 0.6) is 0 Å². The molecular weight excluding hydrogens is 202 g/mol. The maximum atomic E-state index is 11.2. The van der Waals surface area contributed by atoms with E-state index < -0.39 is 15.9 Å². The lowest BCUT2D eigenvalue weighted by atomic mass is 10.3. The lowest BCUT2D eigenvalue weighted by Crippen LogP contribution is -2.31. The average Bonchev–Trinajstić information content (AvgIpc) is 2.03. The van der Waals surface area contributed by atoms with Crippen molar-refractivity contribution in [3.8, 4) is 0 Å². The number of hydrogen-bond acceptors (Lipinski definition) is 3. The molecule has 0 unspecified atom stereocenters. The van der Waals surface area contributed by atoms with Crippen molar-refractivity contribution in [1.82, 2.24) is 4.72 Å². The fraction of sp³-hybridized carbons (Fsp3) is 0.667. The highest BCUT2D eigenvalue weighted by Crippen LogP contribution is 1.97. The van der Waals surface area contributed by atoms with Gasteiger partial charge in [-0.1, -0.05) is 25.8 Å². The molecule has 5 heteroatoms. The molecule has 0 aliphatic heterocycles. The van der Waals surface area contributed by atoms with E-state index in [-0.39, 0.29) is 5.75 Å². The monoisotopic (exact) mass is 219 g/mol. The summed E-state index contributed by atoms with van der Waals surface area (Å²) in [6.45, 7) is 3.65. The van der Waals surface area contributed by atoms with Crippen LogP contribution >= 0.6 is 0 Å². The van der Waals surface area contributed by atoms with Crippen LogP contribution in [0.4, 0.5) is 0 Å². The van der Waals surface area contributed by atoms with Gasteiger partial charge in [0.15, 0.2) is 0 Å². The van der Waals surface area contributed by atoms with E-state index in [1.54, 1.807) is 6.92 Å². The van der Waals surface area contributed by atoms with Crippen LogP contribution in [0, 0.1) is 0 Å². The van der Waals surface area contributed by atoms with Crippen LogP contribution in [0.2, 0.25) is 0 Å². The Kier molecular flexibility index (Phi) is 6.19. The van der Waals surface area contributed by atoms with Crippen LogP contribution in [0.25, 0.3) is 0 Å². The molecule has 0 heterocycles. The molecule has 0 aromatic rings. The third-order valence-corrected chi connectivity index (χ3v) is 2.93. The molecule has 0 aliphatic carbocycles. The van der Waals surface area contributed by atoms with E-state index in [0.29, 0.717) is 6.42 Å². The first-order valence-electron chi connectivity index (χ1n) is 4.69. The Bertz CT molecular complexity index is 293. The second-order valence-corrected chi connectivity index (χ2v) is 4.83. The van der Waals surface area contributed by atoms with E-state index in [9.17, 15) is 13.2 Å². The number of allylic oxidation sites excluding steroid dienone is 1. The molecule has 0 saturated carbocycles. The van der Waals surface area contributed by atoms with Gasteiger partial charge < -0.3 is 0 Å². The van der Waals surface area contributed by atoms with Gasteiger partial charge in [0.1, 0.15) is 0 Å². The van der Waals surface area contributed by atoms with Crippen molar-refractivity contribution in [2.24, 2.45) is 0 Å². The molecule has 14 heavy (non-hydrogen) atoms. The minimum atomic E-state index is -3.43. The number of amides is 1. The minimum Gasteiger partial charge on any atom is -0.269 e. The van der Waals surface area contributed by atoms with Crippen LogP contribution in [-0.4, -0.2) is 20.1 Å². The zero-order valence-electron chi connectivity index (χ0n) is 8.62. The molecule has 0 aromatic carbocycles. The number of carbonyl (C=O) groups excluding carboxylic acids is 1. The first kappa shape index (κ1) is 13.2. The van der Waals surface area contributed by atoms with Gasteiger partial charge >= 0.3 is 0 Å². The molecule has 0 radical (unpaired) electrons. The van der Waals surface area contributed by atoms with Gasteiger partial charge in [0.05, 0.1) is 5.75 Å². The van der Waals surface area contributed by atoms with E-state index >= 15 is 0 Å². The van der Waals surface area contributed by atoms with Crippen molar-refractivity contribution in [3.05, 3.63) is 12.2 Å². The second-order valence-electron chi connectivity index (χ2n) is 2.99. The standard InChI is InChI=1S/C9H17NO3S/c1-3-5-6-8-14(12,13)10-9(11)7-4-2/h4,7H,3,5-6,8H2,1-2H3,(H,10,11). The first-order chi connectivity index (χ1) is 6.52. The molecule has 1 amide bonds. The quantitative estimate of drug-likeness (QED) is 0.539. The van der Waals surface area contributed by atoms with Gasteiger partial charge in [0.2, 0.25) is 10.0 Å². The van der Waals surface area contributed by atoms with Crippen molar-refractivity contribution >= 4 is 15.9 Å². The van der Waals surface area contributed by atoms with Gasteiger partial charge in [-0.15, -0.1) is 0 Å². The summed E-state index contributed by atoms with van der Waals surface area (Å²) in [6, 6.07) is 0. The highest BCUT2D eigenvalue weighted by molar-refractivity contribution is 7.90. The predicted molar refractivity (Wildman–Crippen MR) is 56.3 cm³/mol. The lowest BCUT2D eigenvalue weighted by Gasteiger charge is -2.03. The Morgan fingerprint density at radius 3 is 2.50 bits per heavy atom. The molecule has 0 spiro atoms. The third kappa shape index (κ3) is 6.65. The van der Waals surface area contributed by atoms with Gasteiger partial charge in [0.25, 0.3) is 5.91 Å². The van der Waals surface area contributed by atoms with E-state index in [2.05, 4.69) is 0 Å². The summed E-state index contributed by atoms with van der Waals surface area (Å²) >= 11 is 0. The minimum absolute atomic E-state index is 0.0180. The third-order valence-electron chi connectivity index (χ3n) is 1.59. The van der Waals surface area contributed by atoms with E-state index in [4.69, 9.17) is 0 Å². The number of unbranched alkanes of at least 4 members (excludes halogenated alkanes) is 2. The summed E-state index contributed by atoms with van der Waals surface area (Å²) in [6.07, 6.45) is 5.10. The van der Waals surface area contributed by atoms with Gasteiger partial charge in [-0.25, -0.2) is 13.1 Å². The van der Waals surface area contributed by atoms with Crippen molar-refractivity contribution < 1.29 is 13.2 Å². The smallest absolute Gasteiger partial charge is 0.257 e. The van der Waals surface area contributed by atoms with Crippen LogP contribution in [0.1, 0.15) is 33.1 Å². The van der Waals surface area contributed by atoms with Crippen molar-refractivity contribution in [2.75, 3.05) is 5.75 Å². The van der Waals surface area contributed by atoms with Crippen LogP contribution in [0.15, 0.2) is 12.2 Å². The summed E-state index contributed by atoms with van der Waals surface area (Å²) in [5, 5.41) is 0. The van der Waals surface area contributed by atoms with Gasteiger partial charge in [-0.05, 0) is 19.4 Å². The Morgan fingerprint density at radius 2 is 2.00 bits per heavy atom. The number of nitrogens with one attached hydrogen (secondary N) is 1. The summed E-state index contributed by atoms with van der Waals surface area (Å²) in [5.41, 5.74) is 0. The summed E-state index contributed by atoms with van der Waals surface area (Å²) in [4.78, 5) is 10.9. The van der Waals surface area contributed by atoms with Crippen LogP contribution < -0.4 is 4.72 Å². The van der Waals surface area contributed by atoms with Crippen molar-refractivity contribution in [3.63, 3.8) is 0 Å². The average molecular weight is 219 g/mol. The molecule has 0 aliphatic rings. The second kappa shape index (κ2) is 6.59. The molecule has 0 aromatic heterocycles. The fourth-order valence-corrected chi connectivity index (χ4v) is 1.99. The molecule has 0 rings (SSSR count). The van der Waals surface area contributed by atoms with Crippen molar-refractivity contribution in [1.29, 1.82) is 0 Å². The normalized spacial score (nSPS) is 11.9. The van der Waals surface area contributed by atoms with Crippen LogP contribution in [0.3, 0.4) is 0 Å². The van der Waals surface area contributed by atoms with E-state index in [1.165, 1.54) is 12.2 Å². The Hall–Kier alpha value is -0.840. The van der Waals surface area contributed by atoms with Crippen LogP contribution in [-0.2, 0) is 14.8 Å².